The molecule has 0 saturated carbocycles. The van der Waals surface area contributed by atoms with E-state index >= 15 is 0 Å². The predicted molar refractivity (Wildman–Crippen MR) is 95.4 cm³/mol. The largest absolute Gasteiger partial charge is 0.444 e. The van der Waals surface area contributed by atoms with Gasteiger partial charge in [-0.25, -0.2) is 9.78 Å². The van der Waals surface area contributed by atoms with Crippen molar-refractivity contribution in [2.45, 2.75) is 58.7 Å². The Balaban J connectivity index is 1.76. The maximum atomic E-state index is 13.8. The molecule has 0 radical (unpaired) electrons. The molecule has 1 N–H and O–H groups in total. The molecule has 3 rings (SSSR count). The molecule has 1 saturated heterocycles. The summed E-state index contributed by atoms with van der Waals surface area (Å²) in [7, 11) is 0. The summed E-state index contributed by atoms with van der Waals surface area (Å²) in [5.74, 6) is 0.357. The lowest BCUT2D eigenvalue weighted by Gasteiger charge is -2.34. The molecule has 1 aliphatic rings. The third kappa shape index (κ3) is 4.03. The molecule has 0 aliphatic carbocycles. The average Bonchev–Trinajstić information content (AvgIpc) is 2.96. The van der Waals surface area contributed by atoms with Crippen LogP contribution in [0.4, 0.5) is 15.0 Å². The van der Waals surface area contributed by atoms with Gasteiger partial charge in [-0.1, -0.05) is 0 Å². The number of aromatic nitrogens is 4. The van der Waals surface area contributed by atoms with Crippen LogP contribution in [0.15, 0.2) is 6.33 Å². The van der Waals surface area contributed by atoms with Crippen molar-refractivity contribution in [1.82, 2.24) is 24.4 Å². The van der Waals surface area contributed by atoms with Crippen molar-refractivity contribution in [1.29, 1.82) is 0 Å². The molecule has 3 heterocycles. The zero-order valence-corrected chi connectivity index (χ0v) is 15.6. The molecule has 8 nitrogen and oxygen atoms in total. The highest BCUT2D eigenvalue weighted by Crippen LogP contribution is 2.22. The first-order chi connectivity index (χ1) is 12.3. The molecule has 2 aromatic rings. The van der Waals surface area contributed by atoms with Gasteiger partial charge >= 0.3 is 12.2 Å². The Bertz CT molecular complexity index is 800. The third-order valence-corrected chi connectivity index (χ3v) is 4.19. The van der Waals surface area contributed by atoms with E-state index in [1.54, 1.807) is 15.8 Å². The molecule has 1 atom stereocenters. The van der Waals surface area contributed by atoms with Crippen LogP contribution in [0.5, 0.6) is 0 Å². The second kappa shape index (κ2) is 7.05. The van der Waals surface area contributed by atoms with Crippen molar-refractivity contribution in [2.24, 2.45) is 0 Å². The van der Waals surface area contributed by atoms with E-state index in [-0.39, 0.29) is 12.1 Å². The number of rotatable bonds is 3. The number of amides is 1. The number of likely N-dealkylation sites (tertiary alicyclic amines) is 1. The van der Waals surface area contributed by atoms with Gasteiger partial charge in [0.05, 0.1) is 6.33 Å². The number of fused-ring (bicyclic) bond motifs is 1. The van der Waals surface area contributed by atoms with E-state index in [0.717, 1.165) is 12.8 Å². The molecule has 1 fully saturated rings. The normalized spacial score (nSPS) is 18.2. The summed E-state index contributed by atoms with van der Waals surface area (Å²) in [5.41, 5.74) is 0.455. The van der Waals surface area contributed by atoms with Crippen LogP contribution < -0.4 is 5.32 Å². The monoisotopic (exact) mass is 364 g/mol. The summed E-state index contributed by atoms with van der Waals surface area (Å²) >= 11 is 0. The van der Waals surface area contributed by atoms with Crippen LogP contribution in [0.25, 0.3) is 11.2 Å². The molecule has 9 heteroatoms. The van der Waals surface area contributed by atoms with E-state index in [9.17, 15) is 9.18 Å². The number of hydrogen-bond donors (Lipinski definition) is 1. The van der Waals surface area contributed by atoms with Crippen LogP contribution in [0.2, 0.25) is 0 Å². The second-order valence-corrected chi connectivity index (χ2v) is 7.45. The van der Waals surface area contributed by atoms with Crippen molar-refractivity contribution >= 4 is 23.1 Å². The number of carbonyl (C=O) groups is 1. The Morgan fingerprint density at radius 3 is 2.88 bits per heavy atom. The van der Waals surface area contributed by atoms with Gasteiger partial charge in [0, 0.05) is 25.7 Å². The highest BCUT2D eigenvalue weighted by Gasteiger charge is 2.28. The molecule has 1 amide bonds. The molecule has 0 bridgehead atoms. The zero-order valence-electron chi connectivity index (χ0n) is 15.6. The molecular formula is C17H25FN6O2. The molecule has 0 aromatic carbocycles. The summed E-state index contributed by atoms with van der Waals surface area (Å²) in [6, 6.07) is -0.0551. The molecule has 0 unspecified atom stereocenters. The predicted octanol–water partition coefficient (Wildman–Crippen LogP) is 2.80. The number of piperidine rings is 1. The SMILES string of the molecule is CCn1cnc2c(N[C@H]3CCCN(C(=O)OC(C)(C)C)C3)nc(F)nc21. The van der Waals surface area contributed by atoms with Crippen molar-refractivity contribution in [3.63, 3.8) is 0 Å². The summed E-state index contributed by atoms with van der Waals surface area (Å²) in [6.07, 6.45) is 2.17. The van der Waals surface area contributed by atoms with Crippen LogP contribution in [-0.2, 0) is 11.3 Å². The minimum absolute atomic E-state index is 0.0551. The van der Waals surface area contributed by atoms with E-state index in [1.807, 2.05) is 27.7 Å². The molecule has 2 aromatic heterocycles. The average molecular weight is 364 g/mol. The topological polar surface area (TPSA) is 85.2 Å². The van der Waals surface area contributed by atoms with Gasteiger partial charge < -0.3 is 19.5 Å². The van der Waals surface area contributed by atoms with Crippen molar-refractivity contribution < 1.29 is 13.9 Å². The quantitative estimate of drug-likeness (QED) is 0.843. The van der Waals surface area contributed by atoms with E-state index in [4.69, 9.17) is 4.74 Å². The van der Waals surface area contributed by atoms with Crippen LogP contribution in [0, 0.1) is 6.08 Å². The lowest BCUT2D eigenvalue weighted by Crippen LogP contribution is -2.47. The molecule has 142 valence electrons. The van der Waals surface area contributed by atoms with Crippen LogP contribution in [0.3, 0.4) is 0 Å². The van der Waals surface area contributed by atoms with Gasteiger partial charge in [-0.05, 0) is 40.5 Å². The summed E-state index contributed by atoms with van der Waals surface area (Å²) in [5, 5.41) is 3.23. The number of ether oxygens (including phenoxy) is 1. The highest BCUT2D eigenvalue weighted by atomic mass is 19.1. The van der Waals surface area contributed by atoms with E-state index in [0.29, 0.717) is 36.6 Å². The summed E-state index contributed by atoms with van der Waals surface area (Å²) < 4.78 is 21.1. The molecule has 0 spiro atoms. The highest BCUT2D eigenvalue weighted by molar-refractivity contribution is 5.82. The summed E-state index contributed by atoms with van der Waals surface area (Å²) in [4.78, 5) is 26.0. The van der Waals surface area contributed by atoms with Crippen LogP contribution in [-0.4, -0.2) is 55.2 Å². The van der Waals surface area contributed by atoms with Gasteiger partial charge in [-0.2, -0.15) is 14.4 Å². The first kappa shape index (κ1) is 18.3. The molecule has 1 aliphatic heterocycles. The van der Waals surface area contributed by atoms with E-state index in [2.05, 4.69) is 20.3 Å². The summed E-state index contributed by atoms with van der Waals surface area (Å²) in [6.45, 7) is 9.22. The number of imidazole rings is 1. The van der Waals surface area contributed by atoms with Crippen molar-refractivity contribution in [3.8, 4) is 0 Å². The minimum Gasteiger partial charge on any atom is -0.444 e. The number of hydrogen-bond acceptors (Lipinski definition) is 6. The van der Waals surface area contributed by atoms with Gasteiger partial charge in [-0.3, -0.25) is 0 Å². The standard InChI is InChI=1S/C17H25FN6O2/c1-5-23-10-19-12-13(21-15(18)22-14(12)23)20-11-7-6-8-24(9-11)16(25)26-17(2,3)4/h10-11H,5-9H2,1-4H3,(H,20,21,22)/t11-/m0/s1. The lowest BCUT2D eigenvalue weighted by molar-refractivity contribution is 0.0206. The van der Waals surface area contributed by atoms with E-state index in [1.165, 1.54) is 0 Å². The first-order valence-electron chi connectivity index (χ1n) is 8.89. The maximum Gasteiger partial charge on any atom is 0.410 e. The Hall–Kier alpha value is -2.45. The minimum atomic E-state index is -0.796. The first-order valence-corrected chi connectivity index (χ1v) is 8.89. The second-order valence-electron chi connectivity index (χ2n) is 7.45. The zero-order chi connectivity index (χ0) is 18.9. The lowest BCUT2D eigenvalue weighted by atomic mass is 10.1. The van der Waals surface area contributed by atoms with Gasteiger partial charge in [0.15, 0.2) is 17.0 Å². The Labute approximate surface area is 151 Å². The van der Waals surface area contributed by atoms with Crippen LogP contribution >= 0.6 is 0 Å². The number of nitrogens with one attached hydrogen (secondary N) is 1. The van der Waals surface area contributed by atoms with Gasteiger partial charge in [-0.15, -0.1) is 0 Å². The van der Waals surface area contributed by atoms with Crippen molar-refractivity contribution in [3.05, 3.63) is 12.4 Å². The number of aryl methyl sites for hydroxylation is 1. The fourth-order valence-corrected chi connectivity index (χ4v) is 3.03. The maximum absolute atomic E-state index is 13.8. The Morgan fingerprint density at radius 1 is 1.42 bits per heavy atom. The number of nitrogens with zero attached hydrogens (tertiary/aromatic N) is 5. The van der Waals surface area contributed by atoms with E-state index < -0.39 is 11.7 Å². The van der Waals surface area contributed by atoms with Crippen LogP contribution in [0.1, 0.15) is 40.5 Å². The van der Waals surface area contributed by atoms with Gasteiger partial charge in [0.25, 0.3) is 0 Å². The van der Waals surface area contributed by atoms with Gasteiger partial charge in [0.2, 0.25) is 0 Å². The fourth-order valence-electron chi connectivity index (χ4n) is 3.03. The molecule has 26 heavy (non-hydrogen) atoms. The van der Waals surface area contributed by atoms with Crippen molar-refractivity contribution in [2.75, 3.05) is 18.4 Å². The number of carbonyl (C=O) groups excluding carboxylic acids is 1. The number of halogens is 1. The fraction of sp³-hybridized carbons (Fsp3) is 0.647. The molecular weight excluding hydrogens is 339 g/mol. The smallest absolute Gasteiger partial charge is 0.410 e. The van der Waals surface area contributed by atoms with Gasteiger partial charge in [0.1, 0.15) is 5.60 Å². The Kier molecular flexibility index (Phi) is 4.97. The number of anilines is 1. The Morgan fingerprint density at radius 2 is 2.19 bits per heavy atom. The third-order valence-electron chi connectivity index (χ3n) is 4.19.